The summed E-state index contributed by atoms with van der Waals surface area (Å²) in [7, 11) is 9.97. The van der Waals surface area contributed by atoms with Crippen molar-refractivity contribution >= 4 is 70.9 Å². The molecule has 0 saturated carbocycles. The van der Waals surface area contributed by atoms with E-state index in [4.69, 9.17) is 0 Å². The molecule has 25 nitrogen and oxygen atoms in total. The molecule has 2 saturated heterocycles. The Labute approximate surface area is 591 Å². The molecule has 1 aromatic carbocycles. The van der Waals surface area contributed by atoms with E-state index in [1.807, 2.05) is 84.6 Å². The lowest BCUT2D eigenvalue weighted by Gasteiger charge is -2.41. The number of hydrogen-bond donors (Lipinski definition) is 5. The third-order valence-electron chi connectivity index (χ3n) is 19.8. The molecular formula is C74H126N12O13. The number of piperidine rings is 1. The number of hydrogen-bond acceptors (Lipinski definition) is 13. The molecule has 0 aliphatic carbocycles. The quantitative estimate of drug-likeness (QED) is 0.124. The van der Waals surface area contributed by atoms with Crippen molar-refractivity contribution in [3.63, 3.8) is 0 Å². The summed E-state index contributed by atoms with van der Waals surface area (Å²) in [6.07, 6.45) is 3.47. The Morgan fingerprint density at radius 1 is 0.455 bits per heavy atom. The first-order chi connectivity index (χ1) is 46.0. The largest absolute Gasteiger partial charge is 0.390 e. The summed E-state index contributed by atoms with van der Waals surface area (Å²) in [5.74, 6) is -10.0. The van der Waals surface area contributed by atoms with Crippen LogP contribution in [0.5, 0.6) is 0 Å². The molecule has 99 heavy (non-hydrogen) atoms. The zero-order valence-corrected chi connectivity index (χ0v) is 64.4. The Balaban J connectivity index is 2.29. The highest BCUT2D eigenvalue weighted by molar-refractivity contribution is 6.00. The number of aliphatic hydroxyl groups is 1. The summed E-state index contributed by atoms with van der Waals surface area (Å²) in [5.41, 5.74) is 1.55. The Bertz CT molecular complexity index is 2910. The van der Waals surface area contributed by atoms with Crippen molar-refractivity contribution in [2.45, 2.75) is 261 Å². The SMILES string of the molecule is CC[C@@H]1NC(=O)[C@H]([C@H](O)[C@H](C)CCCc2ccc(C(=O)N3CCCCC3)cc2)N(C)C(=O)[C@H](C(C)C)N(C)C(=O)[C@H](CC(C)C)N(C)C(=O)[C@H](CC(C)C)N(C)C(=O)[C@@H](C)NC(=O)[C@H](C)NC(=O)[C@H](CC(C)C)N(C)C(=O)[C@H](C(C)C)NC(=O)[C@H](CC(C)C)N(C)C(=O)[C@@H](C)N(C)C1=O. The Hall–Kier alpha value is -7.18. The minimum absolute atomic E-state index is 0.00831. The second-order valence-electron chi connectivity index (χ2n) is 30.6. The molecule has 5 N–H and O–H groups in total. The molecule has 0 unspecified atom stereocenters. The number of carbonyl (C=O) groups excluding carboxylic acids is 12. The number of aliphatic hydroxyl groups excluding tert-OH is 1. The first-order valence-electron chi connectivity index (χ1n) is 36.2. The molecule has 2 aliphatic rings. The van der Waals surface area contributed by atoms with Gasteiger partial charge in [0.25, 0.3) is 5.91 Å². The lowest BCUT2D eigenvalue weighted by Crippen LogP contribution is -2.64. The van der Waals surface area contributed by atoms with E-state index in [1.165, 1.54) is 94.6 Å². The number of likely N-dealkylation sites (N-methyl/N-ethyl adjacent to an activating group) is 7. The lowest BCUT2D eigenvalue weighted by atomic mass is 9.89. The van der Waals surface area contributed by atoms with E-state index >= 15 is 19.2 Å². The van der Waals surface area contributed by atoms with Crippen molar-refractivity contribution in [1.29, 1.82) is 0 Å². The monoisotopic (exact) mass is 1390 g/mol. The summed E-state index contributed by atoms with van der Waals surface area (Å²) in [5, 5.41) is 23.7. The molecule has 2 heterocycles. The van der Waals surface area contributed by atoms with Gasteiger partial charge in [0, 0.05) is 68.0 Å². The van der Waals surface area contributed by atoms with E-state index in [0.717, 1.165) is 47.7 Å². The van der Waals surface area contributed by atoms with Crippen LogP contribution in [0.25, 0.3) is 0 Å². The van der Waals surface area contributed by atoms with Crippen LogP contribution >= 0.6 is 0 Å². The van der Waals surface area contributed by atoms with Gasteiger partial charge in [0.05, 0.1) is 6.10 Å². The van der Waals surface area contributed by atoms with Crippen molar-refractivity contribution in [3.05, 3.63) is 35.4 Å². The van der Waals surface area contributed by atoms with Gasteiger partial charge in [0.2, 0.25) is 65.0 Å². The Kier molecular flexibility index (Phi) is 34.0. The minimum atomic E-state index is -1.67. The van der Waals surface area contributed by atoms with Crippen molar-refractivity contribution in [2.75, 3.05) is 62.4 Å². The van der Waals surface area contributed by atoms with Gasteiger partial charge in [-0.25, -0.2) is 0 Å². The van der Waals surface area contributed by atoms with Gasteiger partial charge in [-0.2, -0.15) is 0 Å². The van der Waals surface area contributed by atoms with E-state index < -0.39 is 155 Å². The molecule has 2 aliphatic heterocycles. The number of carbonyl (C=O) groups is 12. The summed E-state index contributed by atoms with van der Waals surface area (Å²) in [6, 6.07) is -6.42. The molecule has 0 aromatic heterocycles. The molecule has 1 aromatic rings. The van der Waals surface area contributed by atoms with Gasteiger partial charge in [0.15, 0.2) is 0 Å². The molecule has 13 atom stereocenters. The Morgan fingerprint density at radius 2 is 0.889 bits per heavy atom. The van der Waals surface area contributed by atoms with Crippen molar-refractivity contribution in [3.8, 4) is 0 Å². The van der Waals surface area contributed by atoms with Crippen molar-refractivity contribution in [1.82, 2.24) is 60.5 Å². The minimum Gasteiger partial charge on any atom is -0.390 e. The number of rotatable bonds is 18. The molecule has 3 rings (SSSR count). The van der Waals surface area contributed by atoms with Crippen LogP contribution in [-0.4, -0.2) is 250 Å². The lowest BCUT2D eigenvalue weighted by molar-refractivity contribution is -0.157. The summed E-state index contributed by atoms with van der Waals surface area (Å²) < 4.78 is 0. The third-order valence-corrected chi connectivity index (χ3v) is 19.8. The summed E-state index contributed by atoms with van der Waals surface area (Å²) >= 11 is 0. The third kappa shape index (κ3) is 23.4. The number of nitrogens with one attached hydrogen (secondary N) is 4. The van der Waals surface area contributed by atoms with Crippen LogP contribution in [0, 0.1) is 41.4 Å². The van der Waals surface area contributed by atoms with E-state index in [2.05, 4.69) is 21.3 Å². The smallest absolute Gasteiger partial charge is 0.253 e. The predicted octanol–water partition coefficient (Wildman–Crippen LogP) is 5.34. The maximum Gasteiger partial charge on any atom is 0.253 e. The first kappa shape index (κ1) is 86.0. The normalized spacial score (nSPS) is 26.3. The maximum atomic E-state index is 15.5. The molecular weight excluding hydrogens is 1260 g/mol. The second-order valence-corrected chi connectivity index (χ2v) is 30.6. The first-order valence-corrected chi connectivity index (χ1v) is 36.2. The van der Waals surface area contributed by atoms with Gasteiger partial charge in [-0.1, -0.05) is 109 Å². The van der Waals surface area contributed by atoms with Crippen LogP contribution < -0.4 is 21.3 Å². The van der Waals surface area contributed by atoms with Crippen LogP contribution in [0.3, 0.4) is 0 Å². The van der Waals surface area contributed by atoms with Crippen LogP contribution in [0.1, 0.15) is 198 Å². The van der Waals surface area contributed by atoms with Gasteiger partial charge in [-0.05, 0) is 151 Å². The number of aryl methyl sites for hydroxylation is 1. The van der Waals surface area contributed by atoms with E-state index in [9.17, 15) is 43.5 Å². The van der Waals surface area contributed by atoms with Gasteiger partial charge in [0.1, 0.15) is 66.5 Å². The number of nitrogens with zero attached hydrogens (tertiary/aromatic N) is 8. The van der Waals surface area contributed by atoms with Gasteiger partial charge in [-0.3, -0.25) is 57.5 Å². The molecule has 25 heteroatoms. The molecule has 0 bridgehead atoms. The fourth-order valence-corrected chi connectivity index (χ4v) is 13.3. The van der Waals surface area contributed by atoms with E-state index in [-0.39, 0.29) is 61.7 Å². The fraction of sp³-hybridized carbons (Fsp3) is 0.757. The number of benzene rings is 1. The van der Waals surface area contributed by atoms with E-state index in [1.54, 1.807) is 41.5 Å². The van der Waals surface area contributed by atoms with Crippen LogP contribution in [0.2, 0.25) is 0 Å². The van der Waals surface area contributed by atoms with Crippen LogP contribution in [0.4, 0.5) is 0 Å². The predicted molar refractivity (Wildman–Crippen MR) is 383 cm³/mol. The summed E-state index contributed by atoms with van der Waals surface area (Å²) in [6.45, 7) is 31.1. The summed E-state index contributed by atoms with van der Waals surface area (Å²) in [4.78, 5) is 187. The van der Waals surface area contributed by atoms with Crippen LogP contribution in [0.15, 0.2) is 24.3 Å². The zero-order chi connectivity index (χ0) is 75.5. The molecule has 0 spiro atoms. The molecule has 2 fully saturated rings. The van der Waals surface area contributed by atoms with Crippen LogP contribution in [-0.2, 0) is 59.2 Å². The highest BCUT2D eigenvalue weighted by Gasteiger charge is 2.46. The standard InChI is InChI=1S/C74H126N12O13/c1-25-54-70(95)79(18)51(17)68(93)80(19)56(39-43(4)5)65(90)78-59(46(10)11)73(98)81(20)55(38-42(2)3)64(89)75-49(15)63(88)76-50(16)67(92)82(21)57(40-44(6)7)71(96)83(22)58(41-45(8)9)72(97)84(23)60(47(12)13)74(99)85(24)61(66(91)77-54)62(87)48(14)30-29-31-52-32-34-53(35-33-52)69(94)86-36-27-26-28-37-86/h32-35,42-51,54-62,87H,25-31,36-41H2,1-24H3,(H,75,89)(H,76,88)(H,77,91)(H,78,90)/t48-,49+,50-,51-,54+,55+,56+,57+,58+,59+,60+,61+,62-/m1/s1. The zero-order valence-electron chi connectivity index (χ0n) is 64.4. The number of likely N-dealkylation sites (tertiary alicyclic amines) is 1. The number of amides is 12. The fourth-order valence-electron chi connectivity index (χ4n) is 13.3. The van der Waals surface area contributed by atoms with Gasteiger partial charge >= 0.3 is 0 Å². The average Bonchev–Trinajstić information content (AvgIpc) is 0.808. The highest BCUT2D eigenvalue weighted by atomic mass is 16.3. The Morgan fingerprint density at radius 3 is 1.36 bits per heavy atom. The molecule has 0 radical (unpaired) electrons. The second kappa shape index (κ2) is 39.1. The van der Waals surface area contributed by atoms with Crippen molar-refractivity contribution < 1.29 is 62.6 Å². The van der Waals surface area contributed by atoms with Gasteiger partial charge in [-0.15, -0.1) is 0 Å². The average molecular weight is 1390 g/mol. The topological polar surface area (TPSA) is 299 Å². The molecule has 560 valence electrons. The van der Waals surface area contributed by atoms with E-state index in [0.29, 0.717) is 24.8 Å². The molecule has 12 amide bonds. The van der Waals surface area contributed by atoms with Crippen molar-refractivity contribution in [2.24, 2.45) is 41.4 Å². The maximum absolute atomic E-state index is 15.5. The highest BCUT2D eigenvalue weighted by Crippen LogP contribution is 2.27. The van der Waals surface area contributed by atoms with Gasteiger partial charge < -0.3 is 65.6 Å².